The van der Waals surface area contributed by atoms with Crippen molar-refractivity contribution in [2.45, 2.75) is 19.4 Å². The van der Waals surface area contributed by atoms with Crippen molar-refractivity contribution in [2.24, 2.45) is 0 Å². The first kappa shape index (κ1) is 12.5. The van der Waals surface area contributed by atoms with Gasteiger partial charge in [-0.1, -0.05) is 5.92 Å². The molecule has 1 fully saturated rings. The van der Waals surface area contributed by atoms with Crippen LogP contribution in [0.5, 0.6) is 0 Å². The molecule has 3 nitrogen and oxygen atoms in total. The van der Waals surface area contributed by atoms with E-state index in [1.165, 1.54) is 26.2 Å². The van der Waals surface area contributed by atoms with E-state index in [1.54, 1.807) is 0 Å². The molecule has 1 N–H and O–H groups in total. The molecule has 1 heterocycles. The first-order chi connectivity index (χ1) is 7.03. The smallest absolute Gasteiger partial charge is 0.0741 e. The first-order valence-corrected chi connectivity index (χ1v) is 5.67. The summed E-state index contributed by atoms with van der Waals surface area (Å²) in [5.41, 5.74) is -0.174. The molecule has 0 unspecified atom stereocenters. The third kappa shape index (κ3) is 4.65. The lowest BCUT2D eigenvalue weighted by molar-refractivity contribution is 0.153. The Kier molecular flexibility index (Phi) is 4.59. The highest BCUT2D eigenvalue weighted by Crippen LogP contribution is 2.00. The highest BCUT2D eigenvalue weighted by molar-refractivity contribution is 5.07. The van der Waals surface area contributed by atoms with Gasteiger partial charge in [0.15, 0.2) is 0 Å². The van der Waals surface area contributed by atoms with E-state index in [1.807, 2.05) is 13.8 Å². The van der Waals surface area contributed by atoms with Gasteiger partial charge in [-0.25, -0.2) is 0 Å². The minimum Gasteiger partial charge on any atom is -0.304 e. The van der Waals surface area contributed by atoms with Gasteiger partial charge >= 0.3 is 0 Å². The van der Waals surface area contributed by atoms with Crippen molar-refractivity contribution >= 4 is 0 Å². The van der Waals surface area contributed by atoms with Crippen molar-refractivity contribution in [1.29, 1.82) is 0 Å². The second kappa shape index (κ2) is 5.50. The Hall–Kier alpha value is -0.560. The van der Waals surface area contributed by atoms with Crippen LogP contribution in [0.1, 0.15) is 13.8 Å². The number of hydrogen-bond donors (Lipinski definition) is 1. The summed E-state index contributed by atoms with van der Waals surface area (Å²) in [6.07, 6.45) is 5.41. The third-order valence-corrected chi connectivity index (χ3v) is 2.95. The molecule has 0 atom stereocenters. The zero-order valence-corrected chi connectivity index (χ0v) is 10.2. The van der Waals surface area contributed by atoms with Crippen molar-refractivity contribution in [2.75, 3.05) is 46.3 Å². The minimum atomic E-state index is -0.174. The van der Waals surface area contributed by atoms with Gasteiger partial charge in [-0.2, -0.15) is 0 Å². The molecule has 1 aliphatic rings. The van der Waals surface area contributed by atoms with Gasteiger partial charge in [0.25, 0.3) is 0 Å². The molecule has 0 saturated carbocycles. The maximum atomic E-state index is 5.41. The lowest BCUT2D eigenvalue weighted by atomic mass is 10.1. The predicted molar refractivity (Wildman–Crippen MR) is 64.9 cm³/mol. The number of nitrogens with one attached hydrogen (secondary N) is 1. The molecule has 0 spiro atoms. The molecule has 0 bridgehead atoms. The van der Waals surface area contributed by atoms with E-state index >= 15 is 0 Å². The largest absolute Gasteiger partial charge is 0.304 e. The molecule has 1 rings (SSSR count). The van der Waals surface area contributed by atoms with Crippen LogP contribution in [0.2, 0.25) is 0 Å². The predicted octanol–water partition coefficient (Wildman–Crippen LogP) is 0.235. The van der Waals surface area contributed by atoms with Gasteiger partial charge in [0.05, 0.1) is 5.54 Å². The maximum absolute atomic E-state index is 5.41. The van der Waals surface area contributed by atoms with Gasteiger partial charge in [0, 0.05) is 39.3 Å². The van der Waals surface area contributed by atoms with Crippen molar-refractivity contribution in [3.05, 3.63) is 0 Å². The molecule has 3 heteroatoms. The van der Waals surface area contributed by atoms with Crippen LogP contribution >= 0.6 is 0 Å². The molecule has 0 aromatic rings. The zero-order chi connectivity index (χ0) is 11.3. The van der Waals surface area contributed by atoms with Gasteiger partial charge < -0.3 is 10.2 Å². The van der Waals surface area contributed by atoms with Crippen LogP contribution in [-0.4, -0.2) is 61.7 Å². The molecule has 0 aromatic heterocycles. The maximum Gasteiger partial charge on any atom is 0.0741 e. The second-order valence-electron chi connectivity index (χ2n) is 4.84. The zero-order valence-electron chi connectivity index (χ0n) is 10.2. The number of piperazine rings is 1. The summed E-state index contributed by atoms with van der Waals surface area (Å²) in [5, 5.41) is 3.38. The third-order valence-electron chi connectivity index (χ3n) is 2.95. The Labute approximate surface area is 93.8 Å². The van der Waals surface area contributed by atoms with Gasteiger partial charge in [-0.05, 0) is 20.9 Å². The lowest BCUT2D eigenvalue weighted by Gasteiger charge is -2.33. The van der Waals surface area contributed by atoms with Crippen molar-refractivity contribution < 1.29 is 0 Å². The van der Waals surface area contributed by atoms with Gasteiger partial charge in [0.2, 0.25) is 0 Å². The number of nitrogens with zero attached hydrogens (tertiary/aromatic N) is 2. The topological polar surface area (TPSA) is 18.5 Å². The second-order valence-corrected chi connectivity index (χ2v) is 4.84. The number of rotatable bonds is 4. The van der Waals surface area contributed by atoms with E-state index in [0.29, 0.717) is 0 Å². The van der Waals surface area contributed by atoms with E-state index < -0.39 is 0 Å². The summed E-state index contributed by atoms with van der Waals surface area (Å²) in [5.74, 6) is 2.75. The highest BCUT2D eigenvalue weighted by atomic mass is 15.2. The Bertz CT molecular complexity index is 222. The first-order valence-electron chi connectivity index (χ1n) is 5.67. The number of hydrogen-bond acceptors (Lipinski definition) is 3. The number of terminal acetylenes is 1. The molecule has 1 saturated heterocycles. The molecule has 0 aliphatic carbocycles. The highest BCUT2D eigenvalue weighted by Gasteiger charge is 2.15. The average molecular weight is 209 g/mol. The Morgan fingerprint density at radius 3 is 2.40 bits per heavy atom. The molecule has 0 radical (unpaired) electrons. The monoisotopic (exact) mass is 209 g/mol. The van der Waals surface area contributed by atoms with E-state index in [0.717, 1.165) is 13.1 Å². The average Bonchev–Trinajstić information content (AvgIpc) is 2.21. The SMILES string of the molecule is C#CC(C)(C)NCCN1CCN(C)CC1. The summed E-state index contributed by atoms with van der Waals surface area (Å²) in [4.78, 5) is 4.86. The fourth-order valence-electron chi connectivity index (χ4n) is 1.65. The van der Waals surface area contributed by atoms with E-state index in [2.05, 4.69) is 28.1 Å². The summed E-state index contributed by atoms with van der Waals surface area (Å²) >= 11 is 0. The van der Waals surface area contributed by atoms with Crippen LogP contribution in [0.15, 0.2) is 0 Å². The van der Waals surface area contributed by atoms with Crippen LogP contribution in [0.25, 0.3) is 0 Å². The van der Waals surface area contributed by atoms with Crippen LogP contribution in [0, 0.1) is 12.3 Å². The molecule has 15 heavy (non-hydrogen) atoms. The molecule has 0 amide bonds. The molecule has 1 aliphatic heterocycles. The Morgan fingerprint density at radius 2 is 1.87 bits per heavy atom. The Balaban J connectivity index is 2.14. The van der Waals surface area contributed by atoms with Crippen molar-refractivity contribution in [3.63, 3.8) is 0 Å². The van der Waals surface area contributed by atoms with Crippen LogP contribution < -0.4 is 5.32 Å². The lowest BCUT2D eigenvalue weighted by Crippen LogP contribution is -2.48. The summed E-state index contributed by atoms with van der Waals surface area (Å²) in [6.45, 7) is 10.9. The van der Waals surface area contributed by atoms with Gasteiger partial charge in [-0.3, -0.25) is 4.90 Å². The quantitative estimate of drug-likeness (QED) is 0.669. The molecular weight excluding hydrogens is 186 g/mol. The summed E-state index contributed by atoms with van der Waals surface area (Å²) < 4.78 is 0. The van der Waals surface area contributed by atoms with Gasteiger partial charge in [-0.15, -0.1) is 6.42 Å². The van der Waals surface area contributed by atoms with Crippen molar-refractivity contribution in [3.8, 4) is 12.3 Å². The Morgan fingerprint density at radius 1 is 1.27 bits per heavy atom. The molecular formula is C12H23N3. The molecule has 0 aromatic carbocycles. The number of likely N-dealkylation sites (N-methyl/N-ethyl adjacent to an activating group) is 1. The van der Waals surface area contributed by atoms with Crippen LogP contribution in [-0.2, 0) is 0 Å². The normalized spacial score (nSPS) is 20.1. The van der Waals surface area contributed by atoms with Crippen molar-refractivity contribution in [1.82, 2.24) is 15.1 Å². The standard InChI is InChI=1S/C12H23N3/c1-5-12(2,3)13-6-7-15-10-8-14(4)9-11-15/h1,13H,6-11H2,2-4H3. The fourth-order valence-corrected chi connectivity index (χ4v) is 1.65. The van der Waals surface area contributed by atoms with Crippen LogP contribution in [0.4, 0.5) is 0 Å². The van der Waals surface area contributed by atoms with Gasteiger partial charge in [0.1, 0.15) is 0 Å². The molecule has 86 valence electrons. The van der Waals surface area contributed by atoms with Crippen LogP contribution in [0.3, 0.4) is 0 Å². The van der Waals surface area contributed by atoms with E-state index in [-0.39, 0.29) is 5.54 Å². The minimum absolute atomic E-state index is 0.174. The summed E-state index contributed by atoms with van der Waals surface area (Å²) in [7, 11) is 2.18. The van der Waals surface area contributed by atoms with E-state index in [9.17, 15) is 0 Å². The fraction of sp³-hybridized carbons (Fsp3) is 0.833. The summed E-state index contributed by atoms with van der Waals surface area (Å²) in [6, 6.07) is 0. The van der Waals surface area contributed by atoms with E-state index in [4.69, 9.17) is 6.42 Å².